The molecule has 0 fully saturated rings. The monoisotopic (exact) mass is 356 g/mol. The fourth-order valence-corrected chi connectivity index (χ4v) is 2.62. The van der Waals surface area contributed by atoms with Crippen molar-refractivity contribution in [2.75, 3.05) is 5.32 Å². The molecule has 0 atom stereocenters. The summed E-state index contributed by atoms with van der Waals surface area (Å²) in [5, 5.41) is 10.9. The summed E-state index contributed by atoms with van der Waals surface area (Å²) in [7, 11) is 0. The third-order valence-electron chi connectivity index (χ3n) is 2.72. The summed E-state index contributed by atoms with van der Waals surface area (Å²) in [4.78, 5) is 23.3. The predicted octanol–water partition coefficient (Wildman–Crippen LogP) is 3.74. The Morgan fingerprint density at radius 3 is 2.54 bits per heavy atom. The molecule has 7 nitrogen and oxygen atoms in total. The molecule has 0 saturated heterocycles. The number of anilines is 1. The second-order valence-corrected chi connectivity index (χ2v) is 5.38. The summed E-state index contributed by atoms with van der Waals surface area (Å²) < 4.78 is 40.2. The van der Waals surface area contributed by atoms with Crippen LogP contribution in [-0.4, -0.2) is 32.5 Å². The summed E-state index contributed by atoms with van der Waals surface area (Å²) in [6.07, 6.45) is -4.61. The highest BCUT2D eigenvalue weighted by Crippen LogP contribution is 2.28. The maximum Gasteiger partial charge on any atom is 0.573 e. The highest BCUT2D eigenvalue weighted by atomic mass is 32.1. The standard InChI is InChI=1S/C13H7F3N4O3S/c14-13(15,16)23-7-3-1-6(2-4-7)8-5-17-9-10(18-8)24-11(19-9)20-12(21)22/h1-5H,(H,21,22)(H,17,19,20). The minimum Gasteiger partial charge on any atom is -0.465 e. The Kier molecular flexibility index (Phi) is 3.93. The van der Waals surface area contributed by atoms with Crippen LogP contribution < -0.4 is 10.1 Å². The Balaban J connectivity index is 1.87. The van der Waals surface area contributed by atoms with Gasteiger partial charge in [-0.15, -0.1) is 13.2 Å². The normalized spacial score (nSPS) is 11.5. The number of halogens is 3. The average Bonchev–Trinajstić information content (AvgIpc) is 2.86. The lowest BCUT2D eigenvalue weighted by atomic mass is 10.1. The van der Waals surface area contributed by atoms with Crippen LogP contribution in [-0.2, 0) is 0 Å². The summed E-state index contributed by atoms with van der Waals surface area (Å²) >= 11 is 0.995. The molecule has 0 radical (unpaired) electrons. The van der Waals surface area contributed by atoms with E-state index in [0.29, 0.717) is 16.1 Å². The van der Waals surface area contributed by atoms with Crippen LogP contribution in [0.4, 0.5) is 23.1 Å². The van der Waals surface area contributed by atoms with Crippen LogP contribution in [0.5, 0.6) is 5.75 Å². The van der Waals surface area contributed by atoms with E-state index in [4.69, 9.17) is 5.11 Å². The molecule has 2 heterocycles. The highest BCUT2D eigenvalue weighted by Gasteiger charge is 2.30. The second-order valence-electron chi connectivity index (χ2n) is 4.41. The van der Waals surface area contributed by atoms with E-state index in [1.807, 2.05) is 0 Å². The van der Waals surface area contributed by atoms with Gasteiger partial charge in [-0.1, -0.05) is 11.3 Å². The lowest BCUT2D eigenvalue weighted by molar-refractivity contribution is -0.274. The van der Waals surface area contributed by atoms with E-state index in [-0.39, 0.29) is 16.5 Å². The van der Waals surface area contributed by atoms with Crippen LogP contribution in [0.2, 0.25) is 0 Å². The number of amides is 1. The van der Waals surface area contributed by atoms with E-state index in [0.717, 1.165) is 11.3 Å². The number of aromatic nitrogens is 3. The second kappa shape index (κ2) is 5.92. The van der Waals surface area contributed by atoms with Crippen molar-refractivity contribution in [2.24, 2.45) is 0 Å². The molecule has 0 unspecified atom stereocenters. The van der Waals surface area contributed by atoms with Gasteiger partial charge < -0.3 is 9.84 Å². The fraction of sp³-hybridized carbons (Fsp3) is 0.0769. The number of thiazole rings is 1. The summed E-state index contributed by atoms with van der Waals surface area (Å²) in [6, 6.07) is 5.15. The number of carboxylic acid groups (broad SMARTS) is 1. The molecule has 3 aromatic rings. The smallest absolute Gasteiger partial charge is 0.465 e. The van der Waals surface area contributed by atoms with Crippen molar-refractivity contribution in [3.8, 4) is 17.0 Å². The zero-order valence-corrected chi connectivity index (χ0v) is 12.4. The molecule has 2 aromatic heterocycles. The molecule has 1 aromatic carbocycles. The zero-order valence-electron chi connectivity index (χ0n) is 11.5. The maximum absolute atomic E-state index is 12.1. The van der Waals surface area contributed by atoms with Gasteiger partial charge in [0.25, 0.3) is 0 Å². The molecule has 0 aliphatic rings. The van der Waals surface area contributed by atoms with Crippen molar-refractivity contribution in [1.29, 1.82) is 0 Å². The number of rotatable bonds is 3. The molecular formula is C13H7F3N4O3S. The molecule has 124 valence electrons. The van der Waals surface area contributed by atoms with Crippen LogP contribution in [0.15, 0.2) is 30.5 Å². The van der Waals surface area contributed by atoms with Gasteiger partial charge in [0.15, 0.2) is 15.6 Å². The van der Waals surface area contributed by atoms with Crippen molar-refractivity contribution in [1.82, 2.24) is 15.0 Å². The van der Waals surface area contributed by atoms with Crippen LogP contribution >= 0.6 is 11.3 Å². The minimum atomic E-state index is -4.75. The van der Waals surface area contributed by atoms with E-state index in [1.165, 1.54) is 30.5 Å². The first-order valence-electron chi connectivity index (χ1n) is 6.30. The van der Waals surface area contributed by atoms with Crippen LogP contribution in [0.3, 0.4) is 0 Å². The molecule has 24 heavy (non-hydrogen) atoms. The molecule has 0 bridgehead atoms. The topological polar surface area (TPSA) is 97.2 Å². The molecule has 0 aliphatic heterocycles. The molecular weight excluding hydrogens is 349 g/mol. The van der Waals surface area contributed by atoms with E-state index >= 15 is 0 Å². The SMILES string of the molecule is O=C(O)Nc1nc2ncc(-c3ccc(OC(F)(F)F)cc3)nc2s1. The number of fused-ring (bicyclic) bond motifs is 1. The van der Waals surface area contributed by atoms with Crippen molar-refractivity contribution in [3.63, 3.8) is 0 Å². The van der Waals surface area contributed by atoms with Gasteiger partial charge in [-0.05, 0) is 24.3 Å². The van der Waals surface area contributed by atoms with Gasteiger partial charge in [0.2, 0.25) is 0 Å². The minimum absolute atomic E-state index is 0.128. The van der Waals surface area contributed by atoms with Gasteiger partial charge in [-0.3, -0.25) is 5.32 Å². The third-order valence-corrected chi connectivity index (χ3v) is 3.57. The Morgan fingerprint density at radius 1 is 1.21 bits per heavy atom. The number of nitrogens with zero attached hydrogens (tertiary/aromatic N) is 3. The molecule has 1 amide bonds. The van der Waals surface area contributed by atoms with Crippen LogP contribution in [0.1, 0.15) is 0 Å². The highest BCUT2D eigenvalue weighted by molar-refractivity contribution is 7.21. The van der Waals surface area contributed by atoms with E-state index in [2.05, 4.69) is 25.0 Å². The van der Waals surface area contributed by atoms with Crippen LogP contribution in [0, 0.1) is 0 Å². The lowest BCUT2D eigenvalue weighted by Crippen LogP contribution is -2.16. The fourth-order valence-electron chi connectivity index (χ4n) is 1.83. The lowest BCUT2D eigenvalue weighted by Gasteiger charge is -2.09. The molecule has 11 heteroatoms. The van der Waals surface area contributed by atoms with Crippen molar-refractivity contribution in [3.05, 3.63) is 30.5 Å². The zero-order chi connectivity index (χ0) is 17.3. The molecule has 0 spiro atoms. The first-order valence-corrected chi connectivity index (χ1v) is 7.11. The first-order chi connectivity index (χ1) is 11.3. The number of nitrogens with one attached hydrogen (secondary N) is 1. The van der Waals surface area contributed by atoms with Gasteiger partial charge in [0.1, 0.15) is 5.75 Å². The Morgan fingerprint density at radius 2 is 1.92 bits per heavy atom. The summed E-state index contributed by atoms with van der Waals surface area (Å²) in [5.41, 5.74) is 1.20. The third kappa shape index (κ3) is 3.68. The summed E-state index contributed by atoms with van der Waals surface area (Å²) in [5.74, 6) is -0.342. The molecule has 0 saturated carbocycles. The number of hydrogen-bond acceptors (Lipinski definition) is 6. The van der Waals surface area contributed by atoms with Crippen LogP contribution in [0.25, 0.3) is 21.7 Å². The quantitative estimate of drug-likeness (QED) is 0.742. The number of carbonyl (C=O) groups is 1. The Hall–Kier alpha value is -2.95. The van der Waals surface area contributed by atoms with Crippen molar-refractivity contribution < 1.29 is 27.8 Å². The average molecular weight is 356 g/mol. The van der Waals surface area contributed by atoms with Gasteiger partial charge in [-0.25, -0.2) is 14.8 Å². The first kappa shape index (κ1) is 15.9. The van der Waals surface area contributed by atoms with Gasteiger partial charge in [0, 0.05) is 5.56 Å². The van der Waals surface area contributed by atoms with Gasteiger partial charge in [-0.2, -0.15) is 4.98 Å². The maximum atomic E-state index is 12.1. The van der Waals surface area contributed by atoms with Crippen molar-refractivity contribution in [2.45, 2.75) is 6.36 Å². The number of ether oxygens (including phenoxy) is 1. The largest absolute Gasteiger partial charge is 0.573 e. The Bertz CT molecular complexity index is 896. The molecule has 3 rings (SSSR count). The number of benzene rings is 1. The molecule has 2 N–H and O–H groups in total. The number of hydrogen-bond donors (Lipinski definition) is 2. The number of alkyl halides is 3. The Labute approximate surface area is 135 Å². The predicted molar refractivity (Wildman–Crippen MR) is 79.0 cm³/mol. The van der Waals surface area contributed by atoms with Crippen molar-refractivity contribution >= 4 is 33.0 Å². The van der Waals surface area contributed by atoms with E-state index in [9.17, 15) is 18.0 Å². The van der Waals surface area contributed by atoms with E-state index < -0.39 is 12.5 Å². The summed E-state index contributed by atoms with van der Waals surface area (Å²) in [6.45, 7) is 0. The van der Waals surface area contributed by atoms with E-state index in [1.54, 1.807) is 0 Å². The molecule has 0 aliphatic carbocycles. The van der Waals surface area contributed by atoms with Gasteiger partial charge in [0.05, 0.1) is 11.9 Å². The van der Waals surface area contributed by atoms with Gasteiger partial charge >= 0.3 is 12.5 Å².